The number of rotatable bonds is 4. The van der Waals surface area contributed by atoms with Crippen LogP contribution in [0.25, 0.3) is 16.7 Å². The number of nitrogens with zero attached hydrogens (tertiary/aromatic N) is 3. The summed E-state index contributed by atoms with van der Waals surface area (Å²) in [5.41, 5.74) is 4.33. The van der Waals surface area contributed by atoms with Crippen molar-refractivity contribution in [2.24, 2.45) is 0 Å². The molecule has 0 radical (unpaired) electrons. The third-order valence-corrected chi connectivity index (χ3v) is 4.87. The van der Waals surface area contributed by atoms with Crippen molar-refractivity contribution in [1.29, 1.82) is 5.26 Å². The third-order valence-electron chi connectivity index (χ3n) is 4.87. The lowest BCUT2D eigenvalue weighted by molar-refractivity contribution is 0.120. The monoisotopic (exact) mass is 334 g/mol. The summed E-state index contributed by atoms with van der Waals surface area (Å²) < 4.78 is 7.80. The molecule has 0 saturated carbocycles. The Morgan fingerprint density at radius 3 is 2.96 bits per heavy atom. The Bertz CT molecular complexity index is 961. The Morgan fingerprint density at radius 2 is 2.24 bits per heavy atom. The van der Waals surface area contributed by atoms with Crippen molar-refractivity contribution < 1.29 is 4.74 Å². The molecule has 1 atom stereocenters. The van der Waals surface area contributed by atoms with Crippen LogP contribution >= 0.6 is 0 Å². The number of nitrogens with one attached hydrogen (secondary N) is 1. The molecule has 2 aromatic heterocycles. The first-order valence-corrected chi connectivity index (χ1v) is 8.88. The molecule has 0 bridgehead atoms. The van der Waals surface area contributed by atoms with E-state index in [0.717, 1.165) is 54.1 Å². The molecule has 1 aliphatic heterocycles. The molecule has 5 nitrogen and oxygen atoms in total. The summed E-state index contributed by atoms with van der Waals surface area (Å²) in [5, 5.41) is 13.3. The highest BCUT2D eigenvalue weighted by atomic mass is 16.5. The van der Waals surface area contributed by atoms with E-state index in [1.807, 2.05) is 24.3 Å². The fraction of sp³-hybridized carbons (Fsp3) is 0.400. The van der Waals surface area contributed by atoms with Gasteiger partial charge in [0.2, 0.25) is 0 Å². The van der Waals surface area contributed by atoms with E-state index in [0.29, 0.717) is 5.56 Å². The van der Waals surface area contributed by atoms with Gasteiger partial charge in [-0.2, -0.15) is 5.26 Å². The Balaban J connectivity index is 1.90. The predicted octanol–water partition coefficient (Wildman–Crippen LogP) is 4.07. The van der Waals surface area contributed by atoms with Crippen molar-refractivity contribution in [3.8, 4) is 6.07 Å². The number of pyridine rings is 1. The van der Waals surface area contributed by atoms with Crippen molar-refractivity contribution in [3.05, 3.63) is 41.5 Å². The highest BCUT2D eigenvalue weighted by Crippen LogP contribution is 2.30. The number of aromatic nitrogens is 2. The van der Waals surface area contributed by atoms with Gasteiger partial charge in [0.1, 0.15) is 11.9 Å². The first-order chi connectivity index (χ1) is 12.2. The number of ether oxygens (including phenoxy) is 1. The molecule has 0 aliphatic carbocycles. The van der Waals surface area contributed by atoms with E-state index in [2.05, 4.69) is 35.7 Å². The van der Waals surface area contributed by atoms with Gasteiger partial charge in [0, 0.05) is 13.2 Å². The zero-order valence-corrected chi connectivity index (χ0v) is 14.6. The number of benzene rings is 1. The second-order valence-corrected chi connectivity index (χ2v) is 6.90. The first kappa shape index (κ1) is 15.9. The molecule has 0 spiro atoms. The van der Waals surface area contributed by atoms with E-state index >= 15 is 0 Å². The van der Waals surface area contributed by atoms with E-state index < -0.39 is 0 Å². The van der Waals surface area contributed by atoms with Gasteiger partial charge in [-0.1, -0.05) is 26.0 Å². The molecular weight excluding hydrogens is 312 g/mol. The van der Waals surface area contributed by atoms with E-state index in [1.54, 1.807) is 0 Å². The summed E-state index contributed by atoms with van der Waals surface area (Å²) in [6, 6.07) is 12.5. The van der Waals surface area contributed by atoms with Crippen LogP contribution in [0.4, 0.5) is 5.82 Å². The largest absolute Gasteiger partial charge is 0.376 e. The summed E-state index contributed by atoms with van der Waals surface area (Å²) in [6.07, 6.45) is 2.47. The maximum absolute atomic E-state index is 9.74. The van der Waals surface area contributed by atoms with Gasteiger partial charge in [-0.3, -0.25) is 4.40 Å². The minimum Gasteiger partial charge on any atom is -0.376 e. The fourth-order valence-corrected chi connectivity index (χ4v) is 3.57. The summed E-state index contributed by atoms with van der Waals surface area (Å²) in [5.74, 6) is 1.23. The number of nitriles is 1. The Kier molecular flexibility index (Phi) is 4.06. The average molecular weight is 334 g/mol. The Morgan fingerprint density at radius 1 is 1.40 bits per heavy atom. The second kappa shape index (κ2) is 6.38. The molecule has 5 heteroatoms. The van der Waals surface area contributed by atoms with Crippen LogP contribution in [-0.4, -0.2) is 28.6 Å². The fourth-order valence-electron chi connectivity index (χ4n) is 3.57. The lowest BCUT2D eigenvalue weighted by Gasteiger charge is -2.17. The predicted molar refractivity (Wildman–Crippen MR) is 99.0 cm³/mol. The highest BCUT2D eigenvalue weighted by Gasteiger charge is 2.20. The number of imidazole rings is 1. The normalized spacial score (nSPS) is 17.4. The second-order valence-electron chi connectivity index (χ2n) is 6.90. The van der Waals surface area contributed by atoms with Gasteiger partial charge in [-0.15, -0.1) is 0 Å². The summed E-state index contributed by atoms with van der Waals surface area (Å²) in [4.78, 5) is 4.74. The summed E-state index contributed by atoms with van der Waals surface area (Å²) in [7, 11) is 0. The van der Waals surface area contributed by atoms with Gasteiger partial charge in [0.15, 0.2) is 5.65 Å². The topological polar surface area (TPSA) is 62.4 Å². The number of hydrogen-bond acceptors (Lipinski definition) is 4. The lowest BCUT2D eigenvalue weighted by atomic mass is 9.99. The Hall–Kier alpha value is -2.58. The molecule has 3 heterocycles. The minimum atomic E-state index is 0.253. The van der Waals surface area contributed by atoms with E-state index in [1.165, 1.54) is 0 Å². The molecule has 3 aromatic rings. The molecule has 1 aromatic carbocycles. The molecule has 1 N–H and O–H groups in total. The third kappa shape index (κ3) is 2.73. The van der Waals surface area contributed by atoms with E-state index in [4.69, 9.17) is 9.72 Å². The molecule has 1 aliphatic rings. The van der Waals surface area contributed by atoms with Crippen LogP contribution < -0.4 is 5.32 Å². The lowest BCUT2D eigenvalue weighted by Crippen LogP contribution is -2.20. The van der Waals surface area contributed by atoms with Crippen molar-refractivity contribution in [1.82, 2.24) is 9.38 Å². The van der Waals surface area contributed by atoms with Crippen LogP contribution in [0.3, 0.4) is 0 Å². The standard InChI is InChI=1S/C20H22N4O/c1-13(2)15-10-19(22-12-14-6-5-9-25-14)24-18-8-4-3-7-17(18)23-20(24)16(15)11-21/h3-4,7-8,10,13-14,22H,5-6,9,12H2,1-2H3/t14-/m0/s1. The van der Waals surface area contributed by atoms with Crippen LogP contribution in [0.2, 0.25) is 0 Å². The van der Waals surface area contributed by atoms with Crippen LogP contribution in [0.15, 0.2) is 30.3 Å². The molecule has 0 unspecified atom stereocenters. The molecule has 1 fully saturated rings. The van der Waals surface area contributed by atoms with Gasteiger partial charge in [-0.25, -0.2) is 4.98 Å². The number of hydrogen-bond donors (Lipinski definition) is 1. The maximum Gasteiger partial charge on any atom is 0.157 e. The molecular formula is C20H22N4O. The number of fused-ring (bicyclic) bond motifs is 3. The SMILES string of the molecule is CC(C)c1cc(NC[C@@H]2CCCO2)n2c(nc3ccccc32)c1C#N. The van der Waals surface area contributed by atoms with Crippen LogP contribution in [0.5, 0.6) is 0 Å². The van der Waals surface area contributed by atoms with Crippen LogP contribution in [-0.2, 0) is 4.74 Å². The van der Waals surface area contributed by atoms with Crippen LogP contribution in [0.1, 0.15) is 43.7 Å². The van der Waals surface area contributed by atoms with Gasteiger partial charge in [0.25, 0.3) is 0 Å². The Labute approximate surface area is 147 Å². The van der Waals surface area contributed by atoms with Gasteiger partial charge < -0.3 is 10.1 Å². The van der Waals surface area contributed by atoms with Gasteiger partial charge in [-0.05, 0) is 42.5 Å². The summed E-state index contributed by atoms with van der Waals surface area (Å²) >= 11 is 0. The summed E-state index contributed by atoms with van der Waals surface area (Å²) in [6.45, 7) is 5.84. The van der Waals surface area contributed by atoms with Crippen molar-refractivity contribution >= 4 is 22.5 Å². The quantitative estimate of drug-likeness (QED) is 0.781. The first-order valence-electron chi connectivity index (χ1n) is 8.88. The smallest absolute Gasteiger partial charge is 0.157 e. The molecule has 4 rings (SSSR count). The van der Waals surface area contributed by atoms with Crippen LogP contribution in [0, 0.1) is 11.3 Å². The average Bonchev–Trinajstić information content (AvgIpc) is 3.26. The number of anilines is 1. The van der Waals surface area contributed by atoms with Crippen molar-refractivity contribution in [2.45, 2.75) is 38.7 Å². The zero-order valence-electron chi connectivity index (χ0n) is 14.6. The number of para-hydroxylation sites is 2. The van der Waals surface area contributed by atoms with Crippen molar-refractivity contribution in [3.63, 3.8) is 0 Å². The minimum absolute atomic E-state index is 0.253. The van der Waals surface area contributed by atoms with E-state index in [-0.39, 0.29) is 12.0 Å². The van der Waals surface area contributed by atoms with E-state index in [9.17, 15) is 5.26 Å². The molecule has 25 heavy (non-hydrogen) atoms. The zero-order chi connectivity index (χ0) is 17.4. The highest BCUT2D eigenvalue weighted by molar-refractivity contribution is 5.85. The molecule has 128 valence electrons. The van der Waals surface area contributed by atoms with Gasteiger partial charge >= 0.3 is 0 Å². The molecule has 0 amide bonds. The molecule has 1 saturated heterocycles. The maximum atomic E-state index is 9.74. The van der Waals surface area contributed by atoms with Crippen molar-refractivity contribution in [2.75, 3.05) is 18.5 Å². The van der Waals surface area contributed by atoms with Gasteiger partial charge in [0.05, 0.1) is 22.7 Å².